The molecule has 0 aromatic heterocycles. The van der Waals surface area contributed by atoms with Gasteiger partial charge in [0.05, 0.1) is 11.6 Å². The molecule has 0 radical (unpaired) electrons. The molecule has 0 saturated heterocycles. The fourth-order valence-corrected chi connectivity index (χ4v) is 2.25. The van der Waals surface area contributed by atoms with Gasteiger partial charge in [0.1, 0.15) is 5.82 Å². The fourth-order valence-electron chi connectivity index (χ4n) is 1.58. The van der Waals surface area contributed by atoms with Crippen LogP contribution in [-0.4, -0.2) is 0 Å². The minimum Gasteiger partial charge on any atom is -0.380 e. The van der Waals surface area contributed by atoms with E-state index < -0.39 is 0 Å². The molecule has 0 atom stereocenters. The molecule has 2 nitrogen and oxygen atoms in total. The van der Waals surface area contributed by atoms with Crippen LogP contribution in [0.2, 0.25) is 0 Å². The largest absolute Gasteiger partial charge is 0.380 e. The number of hydrogen-bond donors (Lipinski definition) is 1. The van der Waals surface area contributed by atoms with E-state index in [2.05, 4.69) is 34.0 Å². The summed E-state index contributed by atoms with van der Waals surface area (Å²) in [5, 5.41) is 12.0. The Balaban J connectivity index is 2.09. The van der Waals surface area contributed by atoms with Gasteiger partial charge in [-0.2, -0.15) is 5.26 Å². The molecule has 0 spiro atoms. The summed E-state index contributed by atoms with van der Waals surface area (Å²) in [6.45, 7) is 0.608. The van der Waals surface area contributed by atoms with Crippen molar-refractivity contribution in [3.05, 3.63) is 63.0 Å². The Morgan fingerprint density at radius 2 is 2.06 bits per heavy atom. The van der Waals surface area contributed by atoms with Gasteiger partial charge >= 0.3 is 0 Å². The number of anilines is 1. The second-order valence-corrected chi connectivity index (χ2v) is 4.95. The summed E-state index contributed by atoms with van der Waals surface area (Å²) < 4.78 is 13.8. The van der Waals surface area contributed by atoms with Gasteiger partial charge in [-0.1, -0.05) is 12.1 Å². The first-order chi connectivity index (χ1) is 8.69. The maximum absolute atomic E-state index is 12.9. The molecule has 0 bridgehead atoms. The Morgan fingerprint density at radius 3 is 2.78 bits per heavy atom. The SMILES string of the molecule is N#Cc1cccc(CNc2ccc(F)cc2I)c1. The zero-order valence-electron chi connectivity index (χ0n) is 9.45. The lowest BCUT2D eigenvalue weighted by Gasteiger charge is -2.08. The zero-order valence-corrected chi connectivity index (χ0v) is 11.6. The smallest absolute Gasteiger partial charge is 0.124 e. The topological polar surface area (TPSA) is 35.8 Å². The molecule has 0 aliphatic carbocycles. The van der Waals surface area contributed by atoms with Crippen LogP contribution in [0.3, 0.4) is 0 Å². The molecule has 0 unspecified atom stereocenters. The normalized spacial score (nSPS) is 9.83. The molecule has 2 aromatic carbocycles. The monoisotopic (exact) mass is 352 g/mol. The van der Waals surface area contributed by atoms with Crippen molar-refractivity contribution in [3.8, 4) is 6.07 Å². The van der Waals surface area contributed by atoms with Crippen molar-refractivity contribution < 1.29 is 4.39 Å². The second-order valence-electron chi connectivity index (χ2n) is 3.79. The predicted molar refractivity (Wildman–Crippen MR) is 77.6 cm³/mol. The number of rotatable bonds is 3. The third kappa shape index (κ3) is 3.20. The first kappa shape index (κ1) is 12.8. The third-order valence-corrected chi connectivity index (χ3v) is 3.36. The van der Waals surface area contributed by atoms with Crippen LogP contribution >= 0.6 is 22.6 Å². The minimum absolute atomic E-state index is 0.239. The van der Waals surface area contributed by atoms with Crippen molar-refractivity contribution in [1.29, 1.82) is 5.26 Å². The van der Waals surface area contributed by atoms with E-state index >= 15 is 0 Å². The lowest BCUT2D eigenvalue weighted by atomic mass is 10.1. The fraction of sp³-hybridized carbons (Fsp3) is 0.0714. The van der Waals surface area contributed by atoms with Crippen LogP contribution in [0.1, 0.15) is 11.1 Å². The van der Waals surface area contributed by atoms with Gasteiger partial charge in [0, 0.05) is 15.8 Å². The van der Waals surface area contributed by atoms with Crippen LogP contribution in [0.4, 0.5) is 10.1 Å². The highest BCUT2D eigenvalue weighted by Crippen LogP contribution is 2.19. The minimum atomic E-state index is -0.239. The molecule has 0 saturated carbocycles. The molecular formula is C14H10FIN2. The summed E-state index contributed by atoms with van der Waals surface area (Å²) in [7, 11) is 0. The van der Waals surface area contributed by atoms with Gasteiger partial charge < -0.3 is 5.32 Å². The molecule has 2 aromatic rings. The molecule has 90 valence electrons. The van der Waals surface area contributed by atoms with Crippen LogP contribution in [0.5, 0.6) is 0 Å². The standard InChI is InChI=1S/C14H10FIN2/c15-12-4-5-14(13(16)7-12)18-9-11-3-1-2-10(6-11)8-17/h1-7,18H,9H2. The molecule has 4 heteroatoms. The van der Waals surface area contributed by atoms with Gasteiger partial charge in [0.15, 0.2) is 0 Å². The van der Waals surface area contributed by atoms with Gasteiger partial charge in [-0.3, -0.25) is 0 Å². The van der Waals surface area contributed by atoms with E-state index in [1.54, 1.807) is 12.1 Å². The second kappa shape index (κ2) is 5.83. The van der Waals surface area contributed by atoms with Crippen molar-refractivity contribution in [2.45, 2.75) is 6.54 Å². The van der Waals surface area contributed by atoms with Crippen LogP contribution < -0.4 is 5.32 Å². The first-order valence-electron chi connectivity index (χ1n) is 5.37. The maximum atomic E-state index is 12.9. The van der Waals surface area contributed by atoms with Crippen LogP contribution in [0.15, 0.2) is 42.5 Å². The predicted octanol–water partition coefficient (Wildman–Crippen LogP) is 3.91. The summed E-state index contributed by atoms with van der Waals surface area (Å²) in [6.07, 6.45) is 0. The van der Waals surface area contributed by atoms with E-state index in [1.807, 2.05) is 18.2 Å². The Bertz CT molecular complexity index is 605. The molecule has 0 heterocycles. The highest BCUT2D eigenvalue weighted by Gasteiger charge is 2.01. The number of halogens is 2. The van der Waals surface area contributed by atoms with E-state index in [4.69, 9.17) is 5.26 Å². The summed E-state index contributed by atoms with van der Waals surface area (Å²) >= 11 is 2.09. The number of nitriles is 1. The van der Waals surface area contributed by atoms with Crippen molar-refractivity contribution in [2.24, 2.45) is 0 Å². The van der Waals surface area contributed by atoms with Gasteiger partial charge in [0.25, 0.3) is 0 Å². The van der Waals surface area contributed by atoms with Gasteiger partial charge in [-0.15, -0.1) is 0 Å². The third-order valence-electron chi connectivity index (χ3n) is 2.47. The molecular weight excluding hydrogens is 342 g/mol. The summed E-state index contributed by atoms with van der Waals surface area (Å²) in [5.74, 6) is -0.239. The number of hydrogen-bond acceptors (Lipinski definition) is 2. The number of benzene rings is 2. The van der Waals surface area contributed by atoms with E-state index in [0.717, 1.165) is 14.8 Å². The van der Waals surface area contributed by atoms with Crippen molar-refractivity contribution in [2.75, 3.05) is 5.32 Å². The molecule has 0 amide bonds. The Morgan fingerprint density at radius 1 is 1.22 bits per heavy atom. The number of nitrogens with zero attached hydrogens (tertiary/aromatic N) is 1. The lowest BCUT2D eigenvalue weighted by Crippen LogP contribution is -2.01. The molecule has 18 heavy (non-hydrogen) atoms. The van der Waals surface area contributed by atoms with Gasteiger partial charge in [-0.05, 0) is 58.5 Å². The first-order valence-corrected chi connectivity index (χ1v) is 6.45. The highest BCUT2D eigenvalue weighted by atomic mass is 127. The van der Waals surface area contributed by atoms with E-state index in [1.165, 1.54) is 12.1 Å². The van der Waals surface area contributed by atoms with E-state index in [0.29, 0.717) is 12.1 Å². The van der Waals surface area contributed by atoms with Crippen molar-refractivity contribution in [1.82, 2.24) is 0 Å². The lowest BCUT2D eigenvalue weighted by molar-refractivity contribution is 0.627. The van der Waals surface area contributed by atoms with Crippen LogP contribution in [0, 0.1) is 20.7 Å². The van der Waals surface area contributed by atoms with Crippen molar-refractivity contribution in [3.63, 3.8) is 0 Å². The average Bonchev–Trinajstić information content (AvgIpc) is 2.38. The molecule has 2 rings (SSSR count). The van der Waals surface area contributed by atoms with E-state index in [-0.39, 0.29) is 5.82 Å². The maximum Gasteiger partial charge on any atom is 0.124 e. The Kier molecular flexibility index (Phi) is 4.15. The van der Waals surface area contributed by atoms with Gasteiger partial charge in [-0.25, -0.2) is 4.39 Å². The zero-order chi connectivity index (χ0) is 13.0. The Hall–Kier alpha value is -1.61. The molecule has 0 aliphatic heterocycles. The molecule has 0 aliphatic rings. The highest BCUT2D eigenvalue weighted by molar-refractivity contribution is 14.1. The summed E-state index contributed by atoms with van der Waals surface area (Å²) in [6, 6.07) is 14.1. The van der Waals surface area contributed by atoms with E-state index in [9.17, 15) is 4.39 Å². The van der Waals surface area contributed by atoms with Gasteiger partial charge in [0.2, 0.25) is 0 Å². The Labute approximate surface area is 119 Å². The van der Waals surface area contributed by atoms with Crippen LogP contribution in [0.25, 0.3) is 0 Å². The van der Waals surface area contributed by atoms with Crippen molar-refractivity contribution >= 4 is 28.3 Å². The molecule has 1 N–H and O–H groups in total. The van der Waals surface area contributed by atoms with Crippen LogP contribution in [-0.2, 0) is 6.54 Å². The quantitative estimate of drug-likeness (QED) is 0.851. The summed E-state index contributed by atoms with van der Waals surface area (Å²) in [5.41, 5.74) is 2.55. The average molecular weight is 352 g/mol. The summed E-state index contributed by atoms with van der Waals surface area (Å²) in [4.78, 5) is 0. The molecule has 0 fully saturated rings. The number of nitrogens with one attached hydrogen (secondary N) is 1.